The van der Waals surface area contributed by atoms with E-state index in [1.807, 2.05) is 12.3 Å². The number of rotatable bonds is 4. The van der Waals surface area contributed by atoms with Gasteiger partial charge in [0.15, 0.2) is 0 Å². The molecule has 2 aromatic carbocycles. The molecule has 1 aromatic heterocycles. The summed E-state index contributed by atoms with van der Waals surface area (Å²) >= 11 is 4.10. The van der Waals surface area contributed by atoms with Crippen molar-refractivity contribution >= 4 is 46.3 Å². The summed E-state index contributed by atoms with van der Waals surface area (Å²) in [7, 11) is 0. The Bertz CT molecular complexity index is 941. The topological polar surface area (TPSA) is 17.3 Å². The molecule has 0 aliphatic rings. The van der Waals surface area contributed by atoms with Crippen LogP contribution in [0.25, 0.3) is 5.69 Å². The molecule has 4 heteroatoms. The molecule has 0 aliphatic heterocycles. The average molecular weight is 460 g/mol. The van der Waals surface area contributed by atoms with E-state index in [2.05, 4.69) is 96.6 Å². The van der Waals surface area contributed by atoms with Gasteiger partial charge in [-0.1, -0.05) is 12.1 Å². The Kier molecular flexibility index (Phi) is 5.69. The van der Waals surface area contributed by atoms with E-state index in [1.165, 1.54) is 31.1 Å². The summed E-state index contributed by atoms with van der Waals surface area (Å²) in [6, 6.07) is 17.0. The lowest BCUT2D eigenvalue weighted by Crippen LogP contribution is -2.00. The van der Waals surface area contributed by atoms with Crippen LogP contribution >= 0.6 is 34.4 Å². The molecular formula is C21H21IN2S. The maximum atomic E-state index is 4.73. The molecule has 0 aliphatic carbocycles. The molecule has 0 fully saturated rings. The van der Waals surface area contributed by atoms with Crippen molar-refractivity contribution in [1.82, 2.24) is 4.57 Å². The van der Waals surface area contributed by atoms with Gasteiger partial charge >= 0.3 is 0 Å². The fourth-order valence-corrected chi connectivity index (χ4v) is 3.84. The van der Waals surface area contributed by atoms with Gasteiger partial charge < -0.3 is 4.57 Å². The van der Waals surface area contributed by atoms with Crippen LogP contribution in [0, 0.1) is 24.3 Å². The van der Waals surface area contributed by atoms with E-state index in [0.29, 0.717) is 0 Å². The standard InChI is InChI=1S/C21H21IN2S/c1-14-11-18(9-10-19(14)22)24-15(2)12-17(16(24)3)13-23-20-7-5-6-8-21(20)25-4/h5-13H,1-4H3. The number of hydrogen-bond donors (Lipinski definition) is 0. The third-order valence-corrected chi connectivity index (χ3v) is 6.29. The van der Waals surface area contributed by atoms with Gasteiger partial charge in [0.25, 0.3) is 0 Å². The Morgan fingerprint density at radius 2 is 1.80 bits per heavy atom. The van der Waals surface area contributed by atoms with Gasteiger partial charge in [-0.2, -0.15) is 0 Å². The van der Waals surface area contributed by atoms with Gasteiger partial charge in [0.2, 0.25) is 0 Å². The van der Waals surface area contributed by atoms with Crippen LogP contribution in [0.5, 0.6) is 0 Å². The number of para-hydroxylation sites is 1. The van der Waals surface area contributed by atoms with Gasteiger partial charge in [0.1, 0.15) is 0 Å². The molecule has 0 unspecified atom stereocenters. The number of aryl methyl sites for hydroxylation is 2. The first-order valence-electron chi connectivity index (χ1n) is 8.14. The quantitative estimate of drug-likeness (QED) is 0.248. The summed E-state index contributed by atoms with van der Waals surface area (Å²) in [6.45, 7) is 6.46. The summed E-state index contributed by atoms with van der Waals surface area (Å²) in [5.74, 6) is 0. The van der Waals surface area contributed by atoms with Crippen LogP contribution in [0.2, 0.25) is 0 Å². The summed E-state index contributed by atoms with van der Waals surface area (Å²) in [5, 5.41) is 0. The van der Waals surface area contributed by atoms with E-state index in [9.17, 15) is 0 Å². The minimum atomic E-state index is 1.02. The zero-order chi connectivity index (χ0) is 18.0. The van der Waals surface area contributed by atoms with Crippen molar-refractivity contribution in [3.05, 3.63) is 74.6 Å². The Labute approximate surface area is 167 Å². The number of hydrogen-bond acceptors (Lipinski definition) is 2. The van der Waals surface area contributed by atoms with Crippen molar-refractivity contribution < 1.29 is 0 Å². The van der Waals surface area contributed by atoms with Crippen LogP contribution in [0.1, 0.15) is 22.5 Å². The van der Waals surface area contributed by atoms with Crippen molar-refractivity contribution in [3.63, 3.8) is 0 Å². The highest BCUT2D eigenvalue weighted by molar-refractivity contribution is 14.1. The van der Waals surface area contributed by atoms with Crippen molar-refractivity contribution in [1.29, 1.82) is 0 Å². The van der Waals surface area contributed by atoms with Gasteiger partial charge in [-0.3, -0.25) is 4.99 Å². The van der Waals surface area contributed by atoms with Gasteiger partial charge in [0, 0.05) is 37.3 Å². The van der Waals surface area contributed by atoms with Gasteiger partial charge in [-0.25, -0.2) is 0 Å². The Morgan fingerprint density at radius 1 is 1.04 bits per heavy atom. The molecule has 1 heterocycles. The first kappa shape index (κ1) is 18.3. The second-order valence-corrected chi connectivity index (χ2v) is 8.04. The molecule has 0 saturated carbocycles. The maximum absolute atomic E-state index is 4.73. The molecule has 25 heavy (non-hydrogen) atoms. The molecule has 3 aromatic rings. The summed E-state index contributed by atoms with van der Waals surface area (Å²) in [5.41, 5.74) is 7.11. The Hall–Kier alpha value is -1.53. The highest BCUT2D eigenvalue weighted by atomic mass is 127. The predicted molar refractivity (Wildman–Crippen MR) is 118 cm³/mol. The number of nitrogens with zero attached hydrogens (tertiary/aromatic N) is 2. The minimum absolute atomic E-state index is 1.02. The second-order valence-electron chi connectivity index (χ2n) is 6.03. The van der Waals surface area contributed by atoms with Crippen LogP contribution in [-0.4, -0.2) is 17.0 Å². The molecular weight excluding hydrogens is 439 g/mol. The van der Waals surface area contributed by atoms with Crippen molar-refractivity contribution in [2.24, 2.45) is 4.99 Å². The summed E-state index contributed by atoms with van der Waals surface area (Å²) in [4.78, 5) is 5.92. The highest BCUT2D eigenvalue weighted by Gasteiger charge is 2.10. The van der Waals surface area contributed by atoms with Crippen LogP contribution in [0.3, 0.4) is 0 Å². The van der Waals surface area contributed by atoms with Crippen molar-refractivity contribution in [2.45, 2.75) is 25.7 Å². The first-order chi connectivity index (χ1) is 12.0. The normalized spacial score (nSPS) is 11.4. The number of benzene rings is 2. The summed E-state index contributed by atoms with van der Waals surface area (Å²) in [6.07, 6.45) is 4.06. The number of halogens is 1. The average Bonchev–Trinajstić information content (AvgIpc) is 2.89. The fraction of sp³-hybridized carbons (Fsp3) is 0.190. The molecule has 0 radical (unpaired) electrons. The molecule has 0 N–H and O–H groups in total. The fourth-order valence-electron chi connectivity index (χ4n) is 2.96. The first-order valence-corrected chi connectivity index (χ1v) is 10.4. The van der Waals surface area contributed by atoms with Gasteiger partial charge in [-0.15, -0.1) is 11.8 Å². The van der Waals surface area contributed by atoms with Crippen LogP contribution in [0.4, 0.5) is 5.69 Å². The van der Waals surface area contributed by atoms with Crippen LogP contribution in [0.15, 0.2) is 58.4 Å². The Balaban J connectivity index is 1.99. The van der Waals surface area contributed by atoms with Crippen LogP contribution < -0.4 is 0 Å². The molecule has 2 nitrogen and oxygen atoms in total. The van der Waals surface area contributed by atoms with E-state index in [0.717, 1.165) is 11.3 Å². The maximum Gasteiger partial charge on any atom is 0.0765 e. The van der Waals surface area contributed by atoms with E-state index in [1.54, 1.807) is 11.8 Å². The van der Waals surface area contributed by atoms with E-state index >= 15 is 0 Å². The molecule has 0 amide bonds. The van der Waals surface area contributed by atoms with Gasteiger partial charge in [0.05, 0.1) is 5.69 Å². The molecule has 3 rings (SSSR count). The van der Waals surface area contributed by atoms with Gasteiger partial charge in [-0.05, 0) is 91.6 Å². The van der Waals surface area contributed by atoms with E-state index in [-0.39, 0.29) is 0 Å². The molecule has 0 spiro atoms. The smallest absolute Gasteiger partial charge is 0.0765 e. The van der Waals surface area contributed by atoms with Crippen molar-refractivity contribution in [2.75, 3.05) is 6.26 Å². The monoisotopic (exact) mass is 460 g/mol. The molecule has 0 saturated heterocycles. The molecule has 0 atom stereocenters. The highest BCUT2D eigenvalue weighted by Crippen LogP contribution is 2.28. The van der Waals surface area contributed by atoms with E-state index < -0.39 is 0 Å². The SMILES string of the molecule is CSc1ccccc1N=Cc1cc(C)n(-c2ccc(I)c(C)c2)c1C. The Morgan fingerprint density at radius 3 is 2.52 bits per heavy atom. The summed E-state index contributed by atoms with van der Waals surface area (Å²) < 4.78 is 3.59. The van der Waals surface area contributed by atoms with E-state index in [4.69, 9.17) is 4.99 Å². The van der Waals surface area contributed by atoms with Crippen LogP contribution in [-0.2, 0) is 0 Å². The van der Waals surface area contributed by atoms with Crippen molar-refractivity contribution in [3.8, 4) is 5.69 Å². The molecule has 0 bridgehead atoms. The number of aliphatic imine (C=N–C) groups is 1. The lowest BCUT2D eigenvalue weighted by atomic mass is 10.2. The third kappa shape index (κ3) is 3.85. The minimum Gasteiger partial charge on any atom is -0.318 e. The third-order valence-electron chi connectivity index (χ3n) is 4.30. The zero-order valence-electron chi connectivity index (χ0n) is 14.9. The lowest BCUT2D eigenvalue weighted by molar-refractivity contribution is 0.962. The zero-order valence-corrected chi connectivity index (χ0v) is 17.9. The lowest BCUT2D eigenvalue weighted by Gasteiger charge is -2.11. The largest absolute Gasteiger partial charge is 0.318 e. The number of aromatic nitrogens is 1. The molecule has 128 valence electrons. The second kappa shape index (κ2) is 7.79. The predicted octanol–water partition coefficient (Wildman–Crippen LogP) is 6.48. The number of thioether (sulfide) groups is 1.